The fourth-order valence-electron chi connectivity index (χ4n) is 3.66. The number of hydrogen-bond donors (Lipinski definition) is 0. The highest BCUT2D eigenvalue weighted by molar-refractivity contribution is 7.99. The molecule has 1 aromatic carbocycles. The number of rotatable bonds is 6. The summed E-state index contributed by atoms with van der Waals surface area (Å²) in [5.41, 5.74) is 5.28. The van der Waals surface area contributed by atoms with Crippen LogP contribution in [0.4, 0.5) is 0 Å². The zero-order chi connectivity index (χ0) is 20.8. The summed E-state index contributed by atoms with van der Waals surface area (Å²) in [6.45, 7) is 10.7. The normalized spacial score (nSPS) is 14.4. The van der Waals surface area contributed by atoms with Gasteiger partial charge in [-0.2, -0.15) is 0 Å². The molecule has 0 aliphatic heterocycles. The summed E-state index contributed by atoms with van der Waals surface area (Å²) in [6.07, 6.45) is 2.42. The Bertz CT molecular complexity index is 1040. The van der Waals surface area contributed by atoms with E-state index in [-0.39, 0.29) is 11.2 Å². The Hall–Kier alpha value is -2.34. The summed E-state index contributed by atoms with van der Waals surface area (Å²) in [4.78, 5) is 12.7. The molecule has 0 radical (unpaired) electrons. The molecule has 29 heavy (non-hydrogen) atoms. The molecule has 2 aromatic heterocycles. The molecule has 1 saturated carbocycles. The third-order valence-electron chi connectivity index (χ3n) is 5.43. The van der Waals surface area contributed by atoms with Crippen LogP contribution in [0.2, 0.25) is 0 Å². The summed E-state index contributed by atoms with van der Waals surface area (Å²) in [7, 11) is 0. The molecule has 3 aromatic rings. The highest BCUT2D eigenvalue weighted by Crippen LogP contribution is 2.38. The molecule has 1 fully saturated rings. The summed E-state index contributed by atoms with van der Waals surface area (Å²) in [6, 6.07) is 10.8. The maximum Gasteiger partial charge on any atom is 0.277 e. The van der Waals surface area contributed by atoms with Crippen LogP contribution >= 0.6 is 11.8 Å². The minimum absolute atomic E-state index is 0.101. The predicted molar refractivity (Wildman–Crippen MR) is 116 cm³/mol. The van der Waals surface area contributed by atoms with Gasteiger partial charge in [-0.05, 0) is 55.9 Å². The predicted octanol–water partition coefficient (Wildman–Crippen LogP) is 5.76. The zero-order valence-corrected chi connectivity index (χ0v) is 18.5. The fraction of sp³-hybridized carbons (Fsp3) is 0.435. The van der Waals surface area contributed by atoms with Gasteiger partial charge in [0.05, 0.1) is 5.75 Å². The van der Waals surface area contributed by atoms with Crippen LogP contribution in [0.3, 0.4) is 0 Å². The molecule has 1 aliphatic carbocycles. The minimum Gasteiger partial charge on any atom is -0.411 e. The first-order valence-electron chi connectivity index (χ1n) is 10.0. The van der Waals surface area contributed by atoms with Gasteiger partial charge in [0.1, 0.15) is 0 Å². The quantitative estimate of drug-likeness (QED) is 0.382. The lowest BCUT2D eigenvalue weighted by molar-refractivity contribution is 0.102. The van der Waals surface area contributed by atoms with Gasteiger partial charge in [-0.25, -0.2) is 0 Å². The number of carbonyl (C=O) groups is 1. The van der Waals surface area contributed by atoms with Gasteiger partial charge in [0.15, 0.2) is 5.78 Å². The average Bonchev–Trinajstić information content (AvgIpc) is 3.30. The summed E-state index contributed by atoms with van der Waals surface area (Å²) >= 11 is 1.30. The smallest absolute Gasteiger partial charge is 0.277 e. The van der Waals surface area contributed by atoms with Crippen molar-refractivity contribution in [1.82, 2.24) is 14.8 Å². The van der Waals surface area contributed by atoms with Crippen molar-refractivity contribution in [2.75, 3.05) is 5.75 Å². The molecule has 0 bridgehead atoms. The number of aromatic nitrogens is 3. The largest absolute Gasteiger partial charge is 0.411 e. The van der Waals surface area contributed by atoms with E-state index in [2.05, 4.69) is 54.6 Å². The SMILES string of the molecule is Cc1cc(C(=O)CSc2nnc(-c3ccc(C(C)(C)C)cc3)o2)c(C)n1C1CC1. The van der Waals surface area contributed by atoms with Crippen molar-refractivity contribution in [2.24, 2.45) is 0 Å². The highest BCUT2D eigenvalue weighted by atomic mass is 32.2. The van der Waals surface area contributed by atoms with Crippen molar-refractivity contribution in [3.05, 3.63) is 52.8 Å². The van der Waals surface area contributed by atoms with Gasteiger partial charge in [-0.15, -0.1) is 10.2 Å². The first kappa shape index (κ1) is 20.0. The number of hydrogen-bond acceptors (Lipinski definition) is 5. The Morgan fingerprint density at radius 1 is 1.17 bits per heavy atom. The Kier molecular flexibility index (Phi) is 5.15. The maximum atomic E-state index is 12.7. The first-order valence-corrected chi connectivity index (χ1v) is 11.0. The number of thioether (sulfide) groups is 1. The Labute approximate surface area is 175 Å². The minimum atomic E-state index is 0.101. The Morgan fingerprint density at radius 2 is 1.86 bits per heavy atom. The standard InChI is InChI=1S/C23H27N3O2S/c1-14-12-19(15(2)26(14)18-10-11-18)20(27)13-29-22-25-24-21(28-22)16-6-8-17(9-7-16)23(3,4)5/h6-9,12,18H,10-11,13H2,1-5H3. The fourth-order valence-corrected chi connectivity index (χ4v) is 4.30. The van der Waals surface area contributed by atoms with Crippen molar-refractivity contribution in [3.63, 3.8) is 0 Å². The van der Waals surface area contributed by atoms with Gasteiger partial charge < -0.3 is 8.98 Å². The maximum absolute atomic E-state index is 12.7. The van der Waals surface area contributed by atoms with E-state index in [1.807, 2.05) is 25.1 Å². The number of aryl methyl sites for hydroxylation is 1. The van der Waals surface area contributed by atoms with Crippen LogP contribution in [-0.2, 0) is 5.41 Å². The molecule has 1 aliphatic rings. The van der Waals surface area contributed by atoms with E-state index in [1.54, 1.807) is 0 Å². The summed E-state index contributed by atoms with van der Waals surface area (Å²) in [5, 5.41) is 8.67. The van der Waals surface area contributed by atoms with Gasteiger partial charge in [0.2, 0.25) is 5.89 Å². The molecule has 152 valence electrons. The van der Waals surface area contributed by atoms with E-state index in [0.717, 1.165) is 22.5 Å². The van der Waals surface area contributed by atoms with Gasteiger partial charge in [-0.3, -0.25) is 4.79 Å². The zero-order valence-electron chi connectivity index (χ0n) is 17.7. The van der Waals surface area contributed by atoms with Gasteiger partial charge in [-0.1, -0.05) is 44.7 Å². The number of carbonyl (C=O) groups excluding carboxylic acids is 1. The van der Waals surface area contributed by atoms with Crippen molar-refractivity contribution < 1.29 is 9.21 Å². The molecule has 0 unspecified atom stereocenters. The Balaban J connectivity index is 1.42. The van der Waals surface area contributed by atoms with Crippen LogP contribution in [0.1, 0.15) is 67.0 Å². The van der Waals surface area contributed by atoms with E-state index < -0.39 is 0 Å². The molecule has 0 amide bonds. The van der Waals surface area contributed by atoms with E-state index in [1.165, 1.54) is 30.2 Å². The molecule has 2 heterocycles. The molecular formula is C23H27N3O2S. The first-order chi connectivity index (χ1) is 13.7. The lowest BCUT2D eigenvalue weighted by Crippen LogP contribution is -2.10. The van der Waals surface area contributed by atoms with Crippen LogP contribution in [0.15, 0.2) is 40.0 Å². The van der Waals surface area contributed by atoms with E-state index >= 15 is 0 Å². The van der Waals surface area contributed by atoms with Crippen molar-refractivity contribution in [1.29, 1.82) is 0 Å². The van der Waals surface area contributed by atoms with Gasteiger partial charge in [0.25, 0.3) is 5.22 Å². The molecule has 0 atom stereocenters. The molecule has 4 rings (SSSR count). The van der Waals surface area contributed by atoms with E-state index in [9.17, 15) is 4.79 Å². The third-order valence-corrected chi connectivity index (χ3v) is 6.25. The molecule has 0 N–H and O–H groups in total. The second-order valence-corrected chi connectivity index (χ2v) is 9.72. The van der Waals surface area contributed by atoms with Crippen molar-refractivity contribution in [2.45, 2.75) is 64.1 Å². The summed E-state index contributed by atoms with van der Waals surface area (Å²) in [5.74, 6) is 0.871. The average molecular weight is 410 g/mol. The number of Topliss-reactive ketones (excluding diaryl/α,β-unsaturated/α-hetero) is 1. The third kappa shape index (κ3) is 4.17. The van der Waals surface area contributed by atoms with Crippen LogP contribution in [0.25, 0.3) is 11.5 Å². The van der Waals surface area contributed by atoms with Crippen molar-refractivity contribution in [3.8, 4) is 11.5 Å². The number of nitrogens with zero attached hydrogens (tertiary/aromatic N) is 3. The summed E-state index contributed by atoms with van der Waals surface area (Å²) < 4.78 is 8.07. The van der Waals surface area contributed by atoms with E-state index in [4.69, 9.17) is 4.42 Å². The molecule has 0 saturated heterocycles. The molecular weight excluding hydrogens is 382 g/mol. The lowest BCUT2D eigenvalue weighted by atomic mass is 9.87. The Morgan fingerprint density at radius 3 is 2.48 bits per heavy atom. The van der Waals surface area contributed by atoms with Crippen LogP contribution in [0, 0.1) is 13.8 Å². The van der Waals surface area contributed by atoms with Crippen LogP contribution < -0.4 is 0 Å². The van der Waals surface area contributed by atoms with Crippen LogP contribution in [-0.4, -0.2) is 26.3 Å². The van der Waals surface area contributed by atoms with Crippen LogP contribution in [0.5, 0.6) is 0 Å². The monoisotopic (exact) mass is 409 g/mol. The number of benzene rings is 1. The second kappa shape index (κ2) is 7.48. The topological polar surface area (TPSA) is 60.9 Å². The molecule has 5 nitrogen and oxygen atoms in total. The molecule has 0 spiro atoms. The molecule has 6 heteroatoms. The van der Waals surface area contributed by atoms with E-state index in [0.29, 0.717) is 22.9 Å². The number of ketones is 1. The second-order valence-electron chi connectivity index (χ2n) is 8.80. The van der Waals surface area contributed by atoms with Gasteiger partial charge in [0, 0.05) is 28.6 Å². The lowest BCUT2D eigenvalue weighted by Gasteiger charge is -2.18. The van der Waals surface area contributed by atoms with Gasteiger partial charge >= 0.3 is 0 Å². The highest BCUT2D eigenvalue weighted by Gasteiger charge is 2.28. The van der Waals surface area contributed by atoms with Crippen molar-refractivity contribution >= 4 is 17.5 Å².